The maximum Gasteiger partial charge on any atom is 0.330 e. The van der Waals surface area contributed by atoms with Crippen molar-refractivity contribution in [3.05, 3.63) is 56.7 Å². The second-order valence-corrected chi connectivity index (χ2v) is 7.49. The average Bonchev–Trinajstić information content (AvgIpc) is 2.75. The van der Waals surface area contributed by atoms with Gasteiger partial charge in [-0.25, -0.2) is 4.79 Å². The molecule has 3 rings (SSSR count). The predicted octanol–water partition coefficient (Wildman–Crippen LogP) is -0.316. The number of nitrogens with two attached hydrogens (primary N) is 1. The third kappa shape index (κ3) is 5.02. The number of rotatable bonds is 6. The van der Waals surface area contributed by atoms with Crippen molar-refractivity contribution in [1.29, 1.82) is 0 Å². The Morgan fingerprint density at radius 3 is 2.32 bits per heavy atom. The first-order valence-electron chi connectivity index (χ1n) is 10.3. The van der Waals surface area contributed by atoms with Gasteiger partial charge in [0.25, 0.3) is 5.56 Å². The molecule has 1 saturated heterocycles. The second-order valence-electron chi connectivity index (χ2n) is 7.49. The monoisotopic (exact) mass is 428 g/mol. The molecule has 10 heteroatoms. The van der Waals surface area contributed by atoms with E-state index in [2.05, 4.69) is 4.98 Å². The molecule has 1 aromatic heterocycles. The fraction of sp³-hybridized carbons (Fsp3) is 0.429. The smallest absolute Gasteiger partial charge is 0.330 e. The van der Waals surface area contributed by atoms with Crippen LogP contribution in [0.3, 0.4) is 0 Å². The SMILES string of the molecule is CCN(C(=O)CN1CCN(C(C)=O)CC1)c1c(N)n(Cc2ccccc2)c(=O)[nH]c1=O. The standard InChI is InChI=1S/C21H28N6O4/c1-3-26(17(29)14-24-9-11-25(12-10-24)15(2)28)18-19(22)27(21(31)23-20(18)30)13-16-7-5-4-6-8-16/h4-8H,3,9-14,22H2,1-2H3,(H,23,30,31). The Balaban J connectivity index is 1.83. The van der Waals surface area contributed by atoms with Crippen molar-refractivity contribution in [2.45, 2.75) is 20.4 Å². The van der Waals surface area contributed by atoms with Crippen molar-refractivity contribution in [3.63, 3.8) is 0 Å². The number of benzene rings is 1. The number of hydrogen-bond donors (Lipinski definition) is 2. The number of carbonyl (C=O) groups excluding carboxylic acids is 2. The number of nitrogen functional groups attached to an aromatic ring is 1. The Labute approximate surface area is 179 Å². The minimum absolute atomic E-state index is 0.0149. The van der Waals surface area contributed by atoms with Gasteiger partial charge in [-0.1, -0.05) is 30.3 Å². The van der Waals surface area contributed by atoms with Crippen LogP contribution >= 0.6 is 0 Å². The number of carbonyl (C=O) groups is 2. The second kappa shape index (κ2) is 9.61. The topological polar surface area (TPSA) is 125 Å². The van der Waals surface area contributed by atoms with E-state index in [1.165, 1.54) is 16.4 Å². The van der Waals surface area contributed by atoms with Crippen molar-refractivity contribution >= 4 is 23.3 Å². The zero-order chi connectivity index (χ0) is 22.5. The summed E-state index contributed by atoms with van der Waals surface area (Å²) in [5, 5.41) is 0. The molecule has 1 aliphatic rings. The first-order chi connectivity index (χ1) is 14.8. The summed E-state index contributed by atoms with van der Waals surface area (Å²) in [4.78, 5) is 56.7. The molecule has 0 radical (unpaired) electrons. The van der Waals surface area contributed by atoms with Gasteiger partial charge in [0.05, 0.1) is 13.1 Å². The van der Waals surface area contributed by atoms with Gasteiger partial charge in [-0.3, -0.25) is 28.8 Å². The third-order valence-electron chi connectivity index (χ3n) is 5.46. The summed E-state index contributed by atoms with van der Waals surface area (Å²) in [5.41, 5.74) is 5.72. The first kappa shape index (κ1) is 22.3. The summed E-state index contributed by atoms with van der Waals surface area (Å²) in [7, 11) is 0. The zero-order valence-electron chi connectivity index (χ0n) is 17.8. The summed E-state index contributed by atoms with van der Waals surface area (Å²) in [6.45, 7) is 6.02. The Hall–Kier alpha value is -3.40. The molecule has 0 unspecified atom stereocenters. The van der Waals surface area contributed by atoms with Crippen LogP contribution in [0.25, 0.3) is 0 Å². The molecule has 2 aromatic rings. The van der Waals surface area contributed by atoms with Gasteiger partial charge >= 0.3 is 5.69 Å². The van der Waals surface area contributed by atoms with Crippen molar-refractivity contribution in [3.8, 4) is 0 Å². The molecular formula is C21H28N6O4. The lowest BCUT2D eigenvalue weighted by molar-refractivity contribution is -0.130. The number of anilines is 2. The van der Waals surface area contributed by atoms with E-state index in [9.17, 15) is 19.2 Å². The molecule has 0 atom stereocenters. The lowest BCUT2D eigenvalue weighted by Crippen LogP contribution is -2.52. The summed E-state index contributed by atoms with van der Waals surface area (Å²) in [6.07, 6.45) is 0. The number of aromatic amines is 1. The van der Waals surface area contributed by atoms with Gasteiger partial charge < -0.3 is 15.5 Å². The molecule has 0 spiro atoms. The molecule has 0 aliphatic carbocycles. The quantitative estimate of drug-likeness (QED) is 0.650. The lowest BCUT2D eigenvalue weighted by Gasteiger charge is -2.34. The number of aromatic nitrogens is 2. The van der Waals surface area contributed by atoms with Crippen molar-refractivity contribution in [2.75, 3.05) is 49.9 Å². The molecule has 2 heterocycles. The summed E-state index contributed by atoms with van der Waals surface area (Å²) in [5.74, 6) is -0.323. The molecule has 31 heavy (non-hydrogen) atoms. The molecule has 10 nitrogen and oxygen atoms in total. The number of amides is 2. The van der Waals surface area contributed by atoms with Crippen molar-refractivity contribution in [2.24, 2.45) is 0 Å². The molecule has 2 amide bonds. The Morgan fingerprint density at radius 2 is 1.74 bits per heavy atom. The summed E-state index contributed by atoms with van der Waals surface area (Å²) >= 11 is 0. The van der Waals surface area contributed by atoms with E-state index >= 15 is 0 Å². The van der Waals surface area contributed by atoms with Gasteiger partial charge in [0.1, 0.15) is 5.82 Å². The number of piperazine rings is 1. The van der Waals surface area contributed by atoms with Gasteiger partial charge in [-0.15, -0.1) is 0 Å². The molecule has 1 fully saturated rings. The molecule has 166 valence electrons. The lowest BCUT2D eigenvalue weighted by atomic mass is 10.2. The van der Waals surface area contributed by atoms with Crippen LogP contribution in [0, 0.1) is 0 Å². The molecule has 1 aromatic carbocycles. The fourth-order valence-corrected chi connectivity index (χ4v) is 3.72. The number of hydrogen-bond acceptors (Lipinski definition) is 6. The van der Waals surface area contributed by atoms with E-state index in [4.69, 9.17) is 5.73 Å². The molecule has 0 saturated carbocycles. The van der Waals surface area contributed by atoms with Crippen molar-refractivity contribution < 1.29 is 9.59 Å². The van der Waals surface area contributed by atoms with Gasteiger partial charge in [0.2, 0.25) is 11.8 Å². The maximum atomic E-state index is 13.0. The fourth-order valence-electron chi connectivity index (χ4n) is 3.72. The first-order valence-corrected chi connectivity index (χ1v) is 10.3. The van der Waals surface area contributed by atoms with Gasteiger partial charge in [-0.2, -0.15) is 0 Å². The van der Waals surface area contributed by atoms with Crippen molar-refractivity contribution in [1.82, 2.24) is 19.4 Å². The number of likely N-dealkylation sites (N-methyl/N-ethyl adjacent to an activating group) is 1. The van der Waals surface area contributed by atoms with Crippen LogP contribution in [0.5, 0.6) is 0 Å². The largest absolute Gasteiger partial charge is 0.383 e. The van der Waals surface area contributed by atoms with Gasteiger partial charge in [-0.05, 0) is 12.5 Å². The number of nitrogens with one attached hydrogen (secondary N) is 1. The highest BCUT2D eigenvalue weighted by atomic mass is 16.2. The van der Waals surface area contributed by atoms with E-state index < -0.39 is 11.2 Å². The summed E-state index contributed by atoms with van der Waals surface area (Å²) in [6, 6.07) is 9.25. The number of nitrogens with zero attached hydrogens (tertiary/aromatic N) is 4. The zero-order valence-corrected chi connectivity index (χ0v) is 17.8. The van der Waals surface area contributed by atoms with Gasteiger partial charge in [0.15, 0.2) is 5.69 Å². The molecule has 0 bridgehead atoms. The van der Waals surface area contributed by atoms with E-state index in [1.54, 1.807) is 11.8 Å². The van der Waals surface area contributed by atoms with E-state index in [0.29, 0.717) is 26.2 Å². The van der Waals surface area contributed by atoms with Crippen LogP contribution in [0.15, 0.2) is 39.9 Å². The van der Waals surface area contributed by atoms with Crippen LogP contribution in [-0.4, -0.2) is 70.4 Å². The Kier molecular flexibility index (Phi) is 6.91. The van der Waals surface area contributed by atoms with E-state index in [1.807, 2.05) is 35.2 Å². The van der Waals surface area contributed by atoms with E-state index in [0.717, 1.165) is 5.56 Å². The highest BCUT2D eigenvalue weighted by Crippen LogP contribution is 2.18. The molecular weight excluding hydrogens is 400 g/mol. The molecule has 3 N–H and O–H groups in total. The van der Waals surface area contributed by atoms with Crippen LogP contribution in [-0.2, 0) is 16.1 Å². The van der Waals surface area contributed by atoms with Crippen LogP contribution in [0.4, 0.5) is 11.5 Å². The van der Waals surface area contributed by atoms with Crippen LogP contribution in [0.2, 0.25) is 0 Å². The Morgan fingerprint density at radius 1 is 1.10 bits per heavy atom. The Bertz CT molecular complexity index is 1050. The highest BCUT2D eigenvalue weighted by Gasteiger charge is 2.26. The predicted molar refractivity (Wildman–Crippen MR) is 118 cm³/mol. The molecule has 1 aliphatic heterocycles. The van der Waals surface area contributed by atoms with E-state index in [-0.39, 0.29) is 43.0 Å². The maximum absolute atomic E-state index is 13.0. The average molecular weight is 428 g/mol. The summed E-state index contributed by atoms with van der Waals surface area (Å²) < 4.78 is 1.26. The van der Waals surface area contributed by atoms with Crippen LogP contribution in [0.1, 0.15) is 19.4 Å². The minimum Gasteiger partial charge on any atom is -0.383 e. The number of H-pyrrole nitrogens is 1. The minimum atomic E-state index is -0.691. The third-order valence-corrected chi connectivity index (χ3v) is 5.46. The normalized spacial score (nSPS) is 14.5. The van der Waals surface area contributed by atoms with Crippen LogP contribution < -0.4 is 21.9 Å². The highest BCUT2D eigenvalue weighted by molar-refractivity contribution is 5.96. The van der Waals surface area contributed by atoms with Gasteiger partial charge in [0, 0.05) is 39.6 Å².